The number of halogens is 1. The van der Waals surface area contributed by atoms with Gasteiger partial charge in [-0.15, -0.1) is 0 Å². The zero-order chi connectivity index (χ0) is 21.5. The molecule has 0 saturated carbocycles. The van der Waals surface area contributed by atoms with Gasteiger partial charge < -0.3 is 20.7 Å². The third kappa shape index (κ3) is 6.05. The first-order chi connectivity index (χ1) is 14.4. The number of hydrogen-bond acceptors (Lipinski definition) is 5. The Balaban J connectivity index is 1.42. The van der Waals surface area contributed by atoms with Gasteiger partial charge in [-0.25, -0.2) is 4.79 Å². The first-order valence-corrected chi connectivity index (χ1v) is 9.86. The van der Waals surface area contributed by atoms with Crippen molar-refractivity contribution in [3.63, 3.8) is 0 Å². The molecule has 156 valence electrons. The van der Waals surface area contributed by atoms with Crippen LogP contribution in [-0.4, -0.2) is 48.3 Å². The first kappa shape index (κ1) is 21.3. The van der Waals surface area contributed by atoms with Crippen molar-refractivity contribution in [1.82, 2.24) is 10.2 Å². The quantitative estimate of drug-likeness (QED) is 0.507. The van der Waals surface area contributed by atoms with E-state index in [4.69, 9.17) is 4.74 Å². The van der Waals surface area contributed by atoms with Crippen molar-refractivity contribution in [2.75, 3.05) is 30.3 Å². The molecule has 1 heterocycles. The van der Waals surface area contributed by atoms with Gasteiger partial charge in [0.25, 0.3) is 5.91 Å². The van der Waals surface area contributed by atoms with Crippen LogP contribution in [0.1, 0.15) is 6.42 Å². The van der Waals surface area contributed by atoms with Crippen LogP contribution in [-0.2, 0) is 14.4 Å². The average molecular weight is 475 g/mol. The second-order valence-corrected chi connectivity index (χ2v) is 7.29. The number of carbonyl (C=O) groups is 4. The van der Waals surface area contributed by atoms with Crippen LogP contribution in [0.2, 0.25) is 0 Å². The monoisotopic (exact) mass is 474 g/mol. The highest BCUT2D eigenvalue weighted by molar-refractivity contribution is 9.10. The standard InChI is InChI=1S/C20H19BrN4O5/c21-13-2-1-3-16(10-13)30-12-18(27)24-15-6-4-14(5-7-15)23-17(26)8-9-25-19(28)11-22-20(25)29/h1-7,10H,8-9,11-12H2,(H,22,29)(H,23,26)(H,24,27). The summed E-state index contributed by atoms with van der Waals surface area (Å²) in [6.45, 7) is -0.165. The van der Waals surface area contributed by atoms with Crippen LogP contribution in [0.3, 0.4) is 0 Å². The number of imide groups is 1. The summed E-state index contributed by atoms with van der Waals surface area (Å²) in [6, 6.07) is 13.2. The molecule has 3 rings (SSSR count). The van der Waals surface area contributed by atoms with E-state index in [1.165, 1.54) is 0 Å². The van der Waals surface area contributed by atoms with Gasteiger partial charge in [-0.2, -0.15) is 0 Å². The molecule has 30 heavy (non-hydrogen) atoms. The van der Waals surface area contributed by atoms with Gasteiger partial charge in [0.1, 0.15) is 5.75 Å². The fourth-order valence-electron chi connectivity index (χ4n) is 2.66. The highest BCUT2D eigenvalue weighted by Gasteiger charge is 2.28. The molecule has 10 heteroatoms. The van der Waals surface area contributed by atoms with Crippen molar-refractivity contribution in [1.29, 1.82) is 0 Å². The van der Waals surface area contributed by atoms with E-state index < -0.39 is 6.03 Å². The Labute approximate surface area is 180 Å². The molecule has 2 aromatic rings. The molecule has 0 atom stereocenters. The zero-order valence-corrected chi connectivity index (χ0v) is 17.4. The van der Waals surface area contributed by atoms with Crippen LogP contribution in [0.4, 0.5) is 16.2 Å². The SMILES string of the molecule is O=C(CCN1C(=O)CNC1=O)Nc1ccc(NC(=O)COc2cccc(Br)c2)cc1. The predicted molar refractivity (Wildman–Crippen MR) is 113 cm³/mol. The molecule has 1 aliphatic heterocycles. The second-order valence-electron chi connectivity index (χ2n) is 6.37. The van der Waals surface area contributed by atoms with Gasteiger partial charge in [-0.1, -0.05) is 22.0 Å². The summed E-state index contributed by atoms with van der Waals surface area (Å²) in [7, 11) is 0. The average Bonchev–Trinajstić information content (AvgIpc) is 3.04. The topological polar surface area (TPSA) is 117 Å². The number of carbonyl (C=O) groups excluding carboxylic acids is 4. The van der Waals surface area contributed by atoms with Crippen LogP contribution in [0.5, 0.6) is 5.75 Å². The van der Waals surface area contributed by atoms with Crippen LogP contribution in [0.15, 0.2) is 53.0 Å². The maximum Gasteiger partial charge on any atom is 0.324 e. The molecule has 3 N–H and O–H groups in total. The summed E-state index contributed by atoms with van der Waals surface area (Å²) in [5.74, 6) is -0.426. The van der Waals surface area contributed by atoms with Gasteiger partial charge in [0.05, 0.1) is 6.54 Å². The highest BCUT2D eigenvalue weighted by Crippen LogP contribution is 2.18. The molecular formula is C20H19BrN4O5. The maximum absolute atomic E-state index is 12.0. The Bertz CT molecular complexity index is 948. The van der Waals surface area contributed by atoms with Crippen molar-refractivity contribution in [2.45, 2.75) is 6.42 Å². The van der Waals surface area contributed by atoms with Crippen molar-refractivity contribution in [2.24, 2.45) is 0 Å². The van der Waals surface area contributed by atoms with Gasteiger partial charge in [0.2, 0.25) is 11.8 Å². The lowest BCUT2D eigenvalue weighted by atomic mass is 10.2. The van der Waals surface area contributed by atoms with Crippen molar-refractivity contribution >= 4 is 51.1 Å². The van der Waals surface area contributed by atoms with Crippen LogP contribution in [0.25, 0.3) is 0 Å². The normalized spacial score (nSPS) is 13.0. The summed E-state index contributed by atoms with van der Waals surface area (Å²) in [4.78, 5) is 48.0. The number of urea groups is 1. The van der Waals surface area contributed by atoms with Crippen LogP contribution >= 0.6 is 15.9 Å². The number of amides is 5. The molecule has 1 saturated heterocycles. The minimum absolute atomic E-state index is 0.00934. The van der Waals surface area contributed by atoms with E-state index in [1.807, 2.05) is 12.1 Å². The number of benzene rings is 2. The highest BCUT2D eigenvalue weighted by atomic mass is 79.9. The van der Waals surface area contributed by atoms with Crippen LogP contribution < -0.4 is 20.7 Å². The van der Waals surface area contributed by atoms with E-state index in [-0.39, 0.29) is 43.8 Å². The minimum Gasteiger partial charge on any atom is -0.484 e. The van der Waals surface area contributed by atoms with E-state index in [9.17, 15) is 19.2 Å². The number of nitrogens with one attached hydrogen (secondary N) is 3. The van der Waals surface area contributed by atoms with E-state index in [2.05, 4.69) is 31.9 Å². The Kier molecular flexibility index (Phi) is 7.02. The Morgan fingerprint density at radius 2 is 1.70 bits per heavy atom. The molecule has 0 radical (unpaired) electrons. The van der Waals surface area contributed by atoms with Gasteiger partial charge in [-0.3, -0.25) is 19.3 Å². The van der Waals surface area contributed by atoms with Crippen molar-refractivity contribution in [3.05, 3.63) is 53.0 Å². The number of ether oxygens (including phenoxy) is 1. The summed E-state index contributed by atoms with van der Waals surface area (Å²) >= 11 is 3.33. The molecule has 1 aliphatic rings. The number of nitrogens with zero attached hydrogens (tertiary/aromatic N) is 1. The van der Waals surface area contributed by atoms with E-state index in [1.54, 1.807) is 36.4 Å². The second kappa shape index (κ2) is 9.88. The smallest absolute Gasteiger partial charge is 0.324 e. The summed E-state index contributed by atoms with van der Waals surface area (Å²) < 4.78 is 6.28. The van der Waals surface area contributed by atoms with Crippen molar-refractivity contribution in [3.8, 4) is 5.75 Å². The lowest BCUT2D eigenvalue weighted by Gasteiger charge is -2.12. The van der Waals surface area contributed by atoms with E-state index in [0.29, 0.717) is 17.1 Å². The third-order valence-electron chi connectivity index (χ3n) is 4.12. The molecule has 0 bridgehead atoms. The van der Waals surface area contributed by atoms with E-state index in [0.717, 1.165) is 9.37 Å². The largest absolute Gasteiger partial charge is 0.484 e. The third-order valence-corrected chi connectivity index (χ3v) is 4.61. The van der Waals surface area contributed by atoms with Crippen LogP contribution in [0, 0.1) is 0 Å². The molecule has 0 spiro atoms. The molecule has 0 aliphatic carbocycles. The van der Waals surface area contributed by atoms with E-state index >= 15 is 0 Å². The first-order valence-electron chi connectivity index (χ1n) is 9.07. The van der Waals surface area contributed by atoms with Crippen molar-refractivity contribution < 1.29 is 23.9 Å². The zero-order valence-electron chi connectivity index (χ0n) is 15.8. The predicted octanol–water partition coefficient (Wildman–Crippen LogP) is 2.35. The number of rotatable bonds is 8. The molecule has 0 unspecified atom stereocenters. The summed E-state index contributed by atoms with van der Waals surface area (Å²) in [5, 5.41) is 7.78. The fourth-order valence-corrected chi connectivity index (χ4v) is 3.04. The lowest BCUT2D eigenvalue weighted by molar-refractivity contribution is -0.125. The Hall–Kier alpha value is -3.40. The molecule has 0 aromatic heterocycles. The molecule has 9 nitrogen and oxygen atoms in total. The fraction of sp³-hybridized carbons (Fsp3) is 0.200. The van der Waals surface area contributed by atoms with Gasteiger partial charge in [0, 0.05) is 28.8 Å². The van der Waals surface area contributed by atoms with Gasteiger partial charge in [-0.05, 0) is 42.5 Å². The molecular weight excluding hydrogens is 456 g/mol. The van der Waals surface area contributed by atoms with Gasteiger partial charge >= 0.3 is 6.03 Å². The lowest BCUT2D eigenvalue weighted by Crippen LogP contribution is -2.33. The Morgan fingerprint density at radius 1 is 1.03 bits per heavy atom. The number of hydrogen-bond donors (Lipinski definition) is 3. The Morgan fingerprint density at radius 3 is 2.30 bits per heavy atom. The minimum atomic E-state index is -0.489. The summed E-state index contributed by atoms with van der Waals surface area (Å²) in [5.41, 5.74) is 1.08. The molecule has 2 aromatic carbocycles. The maximum atomic E-state index is 12.0. The molecule has 1 fully saturated rings. The molecule has 5 amide bonds. The number of anilines is 2. The van der Waals surface area contributed by atoms with Gasteiger partial charge in [0.15, 0.2) is 6.61 Å². The summed E-state index contributed by atoms with van der Waals surface area (Å²) in [6.07, 6.45) is -0.00934.